The van der Waals surface area contributed by atoms with Crippen LogP contribution in [0, 0.1) is 0 Å². The topological polar surface area (TPSA) is 133 Å². The highest BCUT2D eigenvalue weighted by Gasteiger charge is 2.68. The van der Waals surface area contributed by atoms with Crippen molar-refractivity contribution in [3.05, 3.63) is 22.6 Å². The Morgan fingerprint density at radius 1 is 1.24 bits per heavy atom. The molecule has 2 aromatic rings. The summed E-state index contributed by atoms with van der Waals surface area (Å²) in [4.78, 5) is 20.9. The maximum absolute atomic E-state index is 12.2. The first kappa shape index (κ1) is 23.4. The second kappa shape index (κ2) is 7.11. The lowest BCUT2D eigenvalue weighted by molar-refractivity contribution is -0.146. The number of rotatable bonds is 1. The fourth-order valence-electron chi connectivity index (χ4n) is 5.67. The zero-order valence-corrected chi connectivity index (χ0v) is 21.7. The Morgan fingerprint density at radius 2 is 1.91 bits per heavy atom. The van der Waals surface area contributed by atoms with E-state index >= 15 is 0 Å². The average Bonchev–Trinajstić information content (AvgIpc) is 3.20. The van der Waals surface area contributed by atoms with Crippen molar-refractivity contribution >= 4 is 43.0 Å². The third-order valence-electron chi connectivity index (χ3n) is 7.03. The Kier molecular flexibility index (Phi) is 4.90. The highest BCUT2D eigenvalue weighted by atomic mass is 28.4. The Labute approximate surface area is 199 Å². The third-order valence-corrected chi connectivity index (χ3v) is 12.1. The van der Waals surface area contributed by atoms with E-state index in [2.05, 4.69) is 56.8 Å². The third kappa shape index (κ3) is 3.18. The van der Waals surface area contributed by atoms with Gasteiger partial charge in [0.1, 0.15) is 29.4 Å². The summed E-state index contributed by atoms with van der Waals surface area (Å²) in [5.74, 6) is 0.948. The number of aliphatic hydroxyl groups is 1. The van der Waals surface area contributed by atoms with Gasteiger partial charge < -0.3 is 34.3 Å². The minimum absolute atomic E-state index is 0.130. The summed E-state index contributed by atoms with van der Waals surface area (Å²) < 4.78 is 21.9. The normalized spacial score (nSPS) is 30.3. The summed E-state index contributed by atoms with van der Waals surface area (Å²) in [5, 5.41) is 14.8. The van der Waals surface area contributed by atoms with Gasteiger partial charge in [-0.25, -0.2) is 4.99 Å². The fourth-order valence-corrected chi connectivity index (χ4v) is 10.7. The molecule has 3 aliphatic heterocycles. The molecule has 0 bridgehead atoms. The summed E-state index contributed by atoms with van der Waals surface area (Å²) >= 11 is 0. The molecule has 2 aromatic heterocycles. The Bertz CT molecular complexity index is 1250. The van der Waals surface area contributed by atoms with Crippen LogP contribution in [0.3, 0.4) is 0 Å². The molecule has 0 radical (unpaired) electrons. The number of anilines is 2. The summed E-state index contributed by atoms with van der Waals surface area (Å²) in [6, 6.07) is 1.31. The number of fused-ring (bicyclic) bond motifs is 1. The lowest BCUT2D eigenvalue weighted by atomic mass is 9.98. The number of nitrogens with two attached hydrogens (primary N) is 1. The van der Waals surface area contributed by atoms with Crippen molar-refractivity contribution < 1.29 is 18.7 Å². The molecule has 4 unspecified atom stereocenters. The van der Waals surface area contributed by atoms with Gasteiger partial charge >= 0.3 is 8.56 Å². The number of nitrogens with one attached hydrogen (secondary N) is 1. The molecular formula is C23H33N5O5Si. The standard InChI is InChI=1S/C23H33N5O5Si/c1-21(2,3)34(22(4,5)6)32-17-16(31-10-23(17,7)30)20(33-34)28-9-12-13(24)8-14(29)27-18-15(12)19(28)26-11-25-18/h8-9,11,16-17,20,30H,10,24H2,1-7H3,(H,25,26,27,29). The van der Waals surface area contributed by atoms with Crippen molar-refractivity contribution in [3.8, 4) is 0 Å². The van der Waals surface area contributed by atoms with E-state index < -0.39 is 38.2 Å². The van der Waals surface area contributed by atoms with Crippen LogP contribution in [0.4, 0.5) is 17.3 Å². The molecule has 5 rings (SSSR count). The van der Waals surface area contributed by atoms with Crippen LogP contribution in [0.15, 0.2) is 22.1 Å². The van der Waals surface area contributed by atoms with Gasteiger partial charge in [-0.05, 0) is 6.92 Å². The van der Waals surface area contributed by atoms with Gasteiger partial charge in [0.15, 0.2) is 6.23 Å². The van der Waals surface area contributed by atoms with Crippen LogP contribution in [-0.2, 0) is 13.6 Å². The maximum Gasteiger partial charge on any atom is 0.351 e. The van der Waals surface area contributed by atoms with Crippen molar-refractivity contribution in [2.45, 2.75) is 82.6 Å². The van der Waals surface area contributed by atoms with Crippen molar-refractivity contribution in [3.63, 3.8) is 0 Å². The van der Waals surface area contributed by atoms with Gasteiger partial charge in [0.05, 0.1) is 18.3 Å². The molecule has 184 valence electrons. The zero-order valence-electron chi connectivity index (χ0n) is 20.7. The summed E-state index contributed by atoms with van der Waals surface area (Å²) in [6.45, 7) is 14.6. The van der Waals surface area contributed by atoms with E-state index in [1.165, 1.54) is 12.4 Å². The van der Waals surface area contributed by atoms with Crippen molar-refractivity contribution in [2.75, 3.05) is 17.7 Å². The molecule has 0 amide bonds. The molecular weight excluding hydrogens is 454 g/mol. The van der Waals surface area contributed by atoms with E-state index in [9.17, 15) is 9.90 Å². The van der Waals surface area contributed by atoms with Crippen LogP contribution in [0.1, 0.15) is 54.7 Å². The van der Waals surface area contributed by atoms with E-state index in [-0.39, 0.29) is 16.7 Å². The minimum atomic E-state index is -3.05. The minimum Gasteiger partial charge on any atom is -0.398 e. The van der Waals surface area contributed by atoms with Crippen LogP contribution in [0.5, 0.6) is 0 Å². The van der Waals surface area contributed by atoms with E-state index in [1.54, 1.807) is 6.92 Å². The Morgan fingerprint density at radius 3 is 2.56 bits per heavy atom. The number of nitrogens with zero attached hydrogens (tertiary/aromatic N) is 3. The fraction of sp³-hybridized carbons (Fsp3) is 0.609. The van der Waals surface area contributed by atoms with Crippen molar-refractivity contribution in [1.82, 2.24) is 9.55 Å². The van der Waals surface area contributed by atoms with Crippen molar-refractivity contribution in [2.24, 2.45) is 4.99 Å². The Hall–Kier alpha value is -2.31. The van der Waals surface area contributed by atoms with Crippen LogP contribution in [0.25, 0.3) is 10.8 Å². The molecule has 34 heavy (non-hydrogen) atoms. The lowest BCUT2D eigenvalue weighted by Gasteiger charge is -2.56. The number of aliphatic imine (C=N–C) groups is 1. The molecule has 11 heteroatoms. The SMILES string of the molecule is CC1(O)COC2C(n3cc4c(N)cc(=O)nc5c4c3N=CN5)O[Si](C(C)(C)C)(C(C)(C)C)OC21. The van der Waals surface area contributed by atoms with Crippen LogP contribution in [-0.4, -0.2) is 54.0 Å². The molecule has 0 aromatic carbocycles. The molecule has 0 saturated carbocycles. The first-order valence-electron chi connectivity index (χ1n) is 11.5. The Balaban J connectivity index is 1.78. The monoisotopic (exact) mass is 487 g/mol. The molecule has 0 aliphatic carbocycles. The number of ether oxygens (including phenoxy) is 1. The van der Waals surface area contributed by atoms with E-state index in [4.69, 9.17) is 19.3 Å². The number of aromatic nitrogens is 2. The molecule has 4 atom stereocenters. The van der Waals surface area contributed by atoms with Gasteiger partial charge in [-0.15, -0.1) is 0 Å². The highest BCUT2D eigenvalue weighted by Crippen LogP contribution is 2.59. The molecule has 5 heterocycles. The van der Waals surface area contributed by atoms with Gasteiger partial charge in [-0.1, -0.05) is 41.5 Å². The zero-order chi connectivity index (χ0) is 24.8. The summed E-state index contributed by atoms with van der Waals surface area (Å²) in [7, 11) is -3.05. The second-order valence-corrected chi connectivity index (χ2v) is 16.5. The van der Waals surface area contributed by atoms with E-state index in [0.29, 0.717) is 28.1 Å². The summed E-state index contributed by atoms with van der Waals surface area (Å²) in [6.07, 6.45) is 1.56. The number of hydrogen-bond acceptors (Lipinski definition) is 9. The molecule has 4 N–H and O–H groups in total. The molecule has 2 saturated heterocycles. The van der Waals surface area contributed by atoms with Crippen molar-refractivity contribution in [1.29, 1.82) is 0 Å². The van der Waals surface area contributed by atoms with Gasteiger partial charge in [-0.2, -0.15) is 4.98 Å². The molecule has 2 fully saturated rings. The molecule has 10 nitrogen and oxygen atoms in total. The smallest absolute Gasteiger partial charge is 0.351 e. The van der Waals surface area contributed by atoms with Gasteiger partial charge in [0.25, 0.3) is 5.56 Å². The van der Waals surface area contributed by atoms with E-state index in [0.717, 1.165) is 0 Å². The van der Waals surface area contributed by atoms with Crippen LogP contribution in [0.2, 0.25) is 10.1 Å². The van der Waals surface area contributed by atoms with E-state index in [1.807, 2.05) is 10.8 Å². The average molecular weight is 488 g/mol. The largest absolute Gasteiger partial charge is 0.398 e. The predicted octanol–water partition coefficient (Wildman–Crippen LogP) is 3.17. The maximum atomic E-state index is 12.2. The van der Waals surface area contributed by atoms with Gasteiger partial charge in [0.2, 0.25) is 0 Å². The quantitative estimate of drug-likeness (QED) is 0.522. The molecule has 0 spiro atoms. The highest BCUT2D eigenvalue weighted by molar-refractivity contribution is 6.73. The van der Waals surface area contributed by atoms with Gasteiger partial charge in [-0.3, -0.25) is 4.79 Å². The first-order valence-corrected chi connectivity index (χ1v) is 13.3. The first-order chi connectivity index (χ1) is 15.7. The number of hydrogen-bond donors (Lipinski definition) is 3. The van der Waals surface area contributed by atoms with Gasteiger partial charge in [0, 0.05) is 33.4 Å². The second-order valence-electron chi connectivity index (χ2n) is 11.7. The lowest BCUT2D eigenvalue weighted by Crippen LogP contribution is -2.68. The van der Waals surface area contributed by atoms with Crippen LogP contribution < -0.4 is 16.6 Å². The van der Waals surface area contributed by atoms with Crippen LogP contribution >= 0.6 is 0 Å². The number of nitrogen functional groups attached to an aromatic ring is 1. The predicted molar refractivity (Wildman–Crippen MR) is 133 cm³/mol. The molecule has 3 aliphatic rings. The summed E-state index contributed by atoms with van der Waals surface area (Å²) in [5.41, 5.74) is 4.97.